The van der Waals surface area contributed by atoms with Crippen molar-refractivity contribution < 1.29 is 52.5 Å². The van der Waals surface area contributed by atoms with E-state index < -0.39 is 0 Å². The summed E-state index contributed by atoms with van der Waals surface area (Å²) in [4.78, 5) is 17.1. The first-order valence-corrected chi connectivity index (χ1v) is 11.8. The second kappa shape index (κ2) is 10.2. The van der Waals surface area contributed by atoms with Crippen LogP contribution in [0.25, 0.3) is 10.2 Å². The molecule has 5 nitrogen and oxygen atoms in total. The number of ether oxygens (including phenoxy) is 2. The molecule has 4 rings (SSSR count). The van der Waals surface area contributed by atoms with Crippen LogP contribution in [0.1, 0.15) is 10.4 Å². The number of methoxy groups -OCH3 is 2. The van der Waals surface area contributed by atoms with E-state index in [1.54, 1.807) is 14.2 Å². The van der Waals surface area contributed by atoms with Crippen molar-refractivity contribution in [3.8, 4) is 11.5 Å². The zero-order valence-corrected chi connectivity index (χ0v) is 20.7. The van der Waals surface area contributed by atoms with Gasteiger partial charge in [0.2, 0.25) is 0 Å². The highest BCUT2D eigenvalue weighted by Crippen LogP contribution is 2.29. The molecule has 0 aliphatic heterocycles. The Kier molecular flexibility index (Phi) is 7.68. The van der Waals surface area contributed by atoms with Crippen LogP contribution in [0.2, 0.25) is 0 Å². The summed E-state index contributed by atoms with van der Waals surface area (Å²) in [5.74, 6) is 1.47. The largest absolute Gasteiger partial charge is 1.00 e. The lowest BCUT2D eigenvalue weighted by atomic mass is 10.2. The van der Waals surface area contributed by atoms with Gasteiger partial charge in [-0.2, -0.15) is 0 Å². The maximum atomic E-state index is 12.6. The summed E-state index contributed by atoms with van der Waals surface area (Å²) in [6.07, 6.45) is 0. The molecule has 0 spiro atoms. The average Bonchev–Trinajstić information content (AvgIpc) is 3.15. The maximum absolute atomic E-state index is 12.6. The summed E-state index contributed by atoms with van der Waals surface area (Å²) < 4.78 is 14.0. The van der Waals surface area contributed by atoms with E-state index in [1.807, 2.05) is 54.6 Å². The minimum Gasteiger partial charge on any atom is -1.00 e. The molecule has 1 heterocycles. The molecule has 3 aromatic carbocycles. The van der Waals surface area contributed by atoms with Gasteiger partial charge in [0, 0.05) is 11.6 Å². The van der Waals surface area contributed by atoms with E-state index in [0.29, 0.717) is 10.7 Å². The van der Waals surface area contributed by atoms with Crippen LogP contribution in [-0.4, -0.2) is 25.1 Å². The fourth-order valence-corrected chi connectivity index (χ4v) is 5.88. The number of nitrogens with one attached hydrogen (secondary N) is 1. The molecule has 1 N–H and O–H groups in total. The van der Waals surface area contributed by atoms with E-state index in [2.05, 4.69) is 22.4 Å². The van der Waals surface area contributed by atoms with Crippen LogP contribution >= 0.6 is 11.3 Å². The molecule has 1 amide bonds. The molecule has 0 aliphatic rings. The van der Waals surface area contributed by atoms with Crippen molar-refractivity contribution in [2.45, 2.75) is 0 Å². The van der Waals surface area contributed by atoms with Crippen LogP contribution in [-0.2, 0) is 0 Å². The molecule has 1 aromatic heterocycles. The normalized spacial score (nSPS) is 10.3. The van der Waals surface area contributed by atoms with Gasteiger partial charge in [0.1, 0.15) is 11.5 Å². The predicted octanol–water partition coefficient (Wildman–Crippen LogP) is -1.30. The van der Waals surface area contributed by atoms with Crippen LogP contribution < -0.4 is 53.0 Å². The van der Waals surface area contributed by atoms with Crippen LogP contribution in [0.4, 0.5) is 5.13 Å². The van der Waals surface area contributed by atoms with E-state index in [-0.39, 0.29) is 44.1 Å². The van der Waals surface area contributed by atoms with E-state index in [9.17, 15) is 4.79 Å². The van der Waals surface area contributed by atoms with Gasteiger partial charge in [0.25, 0.3) is 5.91 Å². The predicted molar refractivity (Wildman–Crippen MR) is 111 cm³/mol. The SMILES string of the molecule is COc1cccc([I+]c2ccc(C(=O)Nc3nc4ccc(OC)cc4s3)cc2)c1.[Br-]. The molecular formula is C22H18BrIN2O3S. The number of halogens is 2. The number of carbonyl (C=O) groups is 1. The summed E-state index contributed by atoms with van der Waals surface area (Å²) >= 11 is 1.10. The number of thiazole rings is 1. The van der Waals surface area contributed by atoms with Gasteiger partial charge in [-0.3, -0.25) is 10.1 Å². The minimum absolute atomic E-state index is 0. The van der Waals surface area contributed by atoms with Crippen molar-refractivity contribution in [1.29, 1.82) is 0 Å². The monoisotopic (exact) mass is 596 g/mol. The van der Waals surface area contributed by atoms with Crippen molar-refractivity contribution in [2.24, 2.45) is 0 Å². The van der Waals surface area contributed by atoms with Gasteiger partial charge in [-0.05, 0) is 54.6 Å². The topological polar surface area (TPSA) is 60.5 Å². The summed E-state index contributed by atoms with van der Waals surface area (Å²) in [7, 11) is 3.30. The van der Waals surface area contributed by atoms with Gasteiger partial charge < -0.3 is 26.5 Å². The van der Waals surface area contributed by atoms with Gasteiger partial charge in [-0.1, -0.05) is 17.4 Å². The Balaban J connectivity index is 0.00000256. The molecule has 154 valence electrons. The number of fused-ring (bicyclic) bond motifs is 1. The summed E-state index contributed by atoms with van der Waals surface area (Å²) in [6.45, 7) is 0. The van der Waals surface area contributed by atoms with Crippen LogP contribution in [0.15, 0.2) is 66.7 Å². The minimum atomic E-state index is -0.329. The smallest absolute Gasteiger partial charge is 0.358 e. The zero-order chi connectivity index (χ0) is 20.2. The van der Waals surface area contributed by atoms with E-state index in [4.69, 9.17) is 9.47 Å². The Labute approximate surface area is 199 Å². The van der Waals surface area contributed by atoms with Gasteiger partial charge in [0.05, 0.1) is 24.4 Å². The zero-order valence-electron chi connectivity index (χ0n) is 16.2. The Bertz CT molecular complexity index is 1160. The number of anilines is 1. The Hall–Kier alpha value is -2.17. The number of nitrogens with zero attached hydrogens (tertiary/aromatic N) is 1. The molecule has 4 aromatic rings. The first kappa shape index (κ1) is 22.5. The van der Waals surface area contributed by atoms with Crippen LogP contribution in [0.3, 0.4) is 0 Å². The number of carbonyl (C=O) groups excluding carboxylic acids is 1. The molecule has 8 heteroatoms. The highest BCUT2D eigenvalue weighted by Gasteiger charge is 2.17. The molecule has 0 unspecified atom stereocenters. The van der Waals surface area contributed by atoms with Crippen molar-refractivity contribution in [1.82, 2.24) is 4.98 Å². The van der Waals surface area contributed by atoms with Crippen molar-refractivity contribution in [2.75, 3.05) is 19.5 Å². The molecule has 0 radical (unpaired) electrons. The lowest BCUT2D eigenvalue weighted by Crippen LogP contribution is -3.61. The Morgan fingerprint density at radius 2 is 1.67 bits per heavy atom. The third-order valence-corrected chi connectivity index (χ3v) is 7.74. The second-order valence-corrected chi connectivity index (χ2v) is 10.1. The second-order valence-electron chi connectivity index (χ2n) is 6.07. The van der Waals surface area contributed by atoms with Crippen molar-refractivity contribution in [3.63, 3.8) is 0 Å². The van der Waals surface area contributed by atoms with Gasteiger partial charge in [-0.15, -0.1) is 0 Å². The molecule has 0 fully saturated rings. The standard InChI is InChI=1S/C22H17IN2O3S.BrH/c1-27-17-5-3-4-16(12-17)23-15-8-6-14(7-9-15)21(26)25-22-24-19-11-10-18(28-2)13-20(19)29-22;/h3-13H,1-2H3;1H. The van der Waals surface area contributed by atoms with Crippen LogP contribution in [0, 0.1) is 7.14 Å². The van der Waals surface area contributed by atoms with E-state index in [0.717, 1.165) is 21.7 Å². The third kappa shape index (κ3) is 5.30. The summed E-state index contributed by atoms with van der Waals surface area (Å²) in [5, 5.41) is 3.46. The molecule has 0 aliphatic carbocycles. The first-order chi connectivity index (χ1) is 14.1. The maximum Gasteiger partial charge on any atom is 0.358 e. The first-order valence-electron chi connectivity index (χ1n) is 8.79. The number of amides is 1. The number of benzene rings is 3. The number of hydrogen-bond acceptors (Lipinski definition) is 5. The lowest BCUT2D eigenvalue weighted by molar-refractivity contribution is -0.597. The van der Waals surface area contributed by atoms with E-state index >= 15 is 0 Å². The highest BCUT2D eigenvalue weighted by atomic mass is 127. The average molecular weight is 597 g/mol. The Morgan fingerprint density at radius 3 is 2.40 bits per heavy atom. The number of hydrogen-bond donors (Lipinski definition) is 1. The van der Waals surface area contributed by atoms with Crippen molar-refractivity contribution >= 4 is 32.6 Å². The molecule has 30 heavy (non-hydrogen) atoms. The third-order valence-electron chi connectivity index (χ3n) is 4.17. The fourth-order valence-electron chi connectivity index (χ4n) is 2.70. The lowest BCUT2D eigenvalue weighted by Gasteiger charge is -2.00. The summed E-state index contributed by atoms with van der Waals surface area (Å²) in [6, 6.07) is 21.5. The fraction of sp³-hybridized carbons (Fsp3) is 0.0909. The molecule has 0 atom stereocenters. The molecule has 0 bridgehead atoms. The van der Waals surface area contributed by atoms with Crippen molar-refractivity contribution in [3.05, 3.63) is 79.4 Å². The quantitative estimate of drug-likeness (QED) is 0.281. The van der Waals surface area contributed by atoms with Gasteiger partial charge >= 0.3 is 21.2 Å². The Morgan fingerprint density at radius 1 is 0.933 bits per heavy atom. The number of aromatic nitrogens is 1. The van der Waals surface area contributed by atoms with Gasteiger partial charge in [0.15, 0.2) is 12.3 Å². The van der Waals surface area contributed by atoms with Gasteiger partial charge in [-0.25, -0.2) is 4.98 Å². The molecular weight excluding hydrogens is 579 g/mol. The highest BCUT2D eigenvalue weighted by molar-refractivity contribution is 7.22. The molecule has 0 saturated heterocycles. The van der Waals surface area contributed by atoms with Crippen LogP contribution in [0.5, 0.6) is 11.5 Å². The van der Waals surface area contributed by atoms with E-state index in [1.165, 1.54) is 18.5 Å². The number of rotatable bonds is 6. The molecule has 0 saturated carbocycles. The summed E-state index contributed by atoms with van der Waals surface area (Å²) in [5.41, 5.74) is 1.45.